The number of carbonyl (C=O) groups is 2. The molecule has 218 valence electrons. The normalized spacial score (nSPS) is 21.9. The summed E-state index contributed by atoms with van der Waals surface area (Å²) in [6.07, 6.45) is 14.5. The maximum Gasteiger partial charge on any atom is 0.274 e. The topological polar surface area (TPSA) is 83.0 Å². The third-order valence-electron chi connectivity index (χ3n) is 7.70. The molecule has 0 bridgehead atoms. The predicted octanol–water partition coefficient (Wildman–Crippen LogP) is 5.77. The van der Waals surface area contributed by atoms with Gasteiger partial charge >= 0.3 is 0 Å². The van der Waals surface area contributed by atoms with Gasteiger partial charge in [0.1, 0.15) is 18.4 Å². The van der Waals surface area contributed by atoms with Crippen molar-refractivity contribution in [3.63, 3.8) is 0 Å². The molecule has 0 aromatic heterocycles. The van der Waals surface area contributed by atoms with E-state index in [1.807, 2.05) is 38.3 Å². The van der Waals surface area contributed by atoms with Gasteiger partial charge in [0.05, 0.1) is 12.2 Å². The molecule has 4 rings (SSSR count). The van der Waals surface area contributed by atoms with Crippen LogP contribution in [0.2, 0.25) is 0 Å². The van der Waals surface area contributed by atoms with E-state index in [0.29, 0.717) is 42.7 Å². The lowest BCUT2D eigenvalue weighted by Gasteiger charge is -2.28. The van der Waals surface area contributed by atoms with Gasteiger partial charge in [0.15, 0.2) is 0 Å². The monoisotopic (exact) mass is 556 g/mol. The van der Waals surface area contributed by atoms with Crippen molar-refractivity contribution in [3.05, 3.63) is 95.1 Å². The molecule has 0 saturated heterocycles. The van der Waals surface area contributed by atoms with Gasteiger partial charge in [-0.1, -0.05) is 75.4 Å². The molecule has 2 amide bonds. The Kier molecular flexibility index (Phi) is 10.8. The number of aliphatic imine (C=N–C) groups is 1. The molecule has 3 atom stereocenters. The Hall–Kier alpha value is -3.87. The predicted molar refractivity (Wildman–Crippen MR) is 165 cm³/mol. The summed E-state index contributed by atoms with van der Waals surface area (Å²) >= 11 is 0. The van der Waals surface area contributed by atoms with E-state index in [1.54, 1.807) is 6.08 Å². The van der Waals surface area contributed by atoms with Crippen molar-refractivity contribution < 1.29 is 14.3 Å². The first-order chi connectivity index (χ1) is 19.9. The van der Waals surface area contributed by atoms with Crippen molar-refractivity contribution in [3.8, 4) is 0 Å². The molecule has 0 saturated carbocycles. The molecule has 0 fully saturated rings. The molecular formula is C34H44N4O3. The number of nitrogens with zero attached hydrogens (tertiary/aromatic N) is 2. The number of ether oxygens (including phenoxy) is 1. The molecule has 41 heavy (non-hydrogen) atoms. The highest BCUT2D eigenvalue weighted by Gasteiger charge is 2.26. The Labute approximate surface area is 244 Å². The van der Waals surface area contributed by atoms with Crippen molar-refractivity contribution in [2.45, 2.75) is 59.0 Å². The second-order valence-corrected chi connectivity index (χ2v) is 11.1. The number of fused-ring (bicyclic) bond motifs is 1. The van der Waals surface area contributed by atoms with E-state index in [9.17, 15) is 9.59 Å². The lowest BCUT2D eigenvalue weighted by atomic mass is 9.93. The van der Waals surface area contributed by atoms with Gasteiger partial charge in [0.25, 0.3) is 5.91 Å². The van der Waals surface area contributed by atoms with E-state index in [1.165, 1.54) is 10.5 Å². The van der Waals surface area contributed by atoms with E-state index in [2.05, 4.69) is 59.5 Å². The van der Waals surface area contributed by atoms with Gasteiger partial charge in [-0.3, -0.25) is 14.6 Å². The summed E-state index contributed by atoms with van der Waals surface area (Å²) < 4.78 is 6.23. The number of amides is 2. The second-order valence-electron chi connectivity index (χ2n) is 11.1. The van der Waals surface area contributed by atoms with Crippen molar-refractivity contribution in [1.82, 2.24) is 15.5 Å². The van der Waals surface area contributed by atoms with Crippen LogP contribution >= 0.6 is 0 Å². The van der Waals surface area contributed by atoms with Crippen LogP contribution < -0.4 is 10.6 Å². The van der Waals surface area contributed by atoms with Gasteiger partial charge < -0.3 is 20.3 Å². The molecule has 1 aliphatic carbocycles. The summed E-state index contributed by atoms with van der Waals surface area (Å²) in [7, 11) is 0. The summed E-state index contributed by atoms with van der Waals surface area (Å²) in [5.74, 6) is 1.22. The Morgan fingerprint density at radius 2 is 2.00 bits per heavy atom. The highest BCUT2D eigenvalue weighted by Crippen LogP contribution is 2.31. The molecule has 0 radical (unpaired) electrons. The van der Waals surface area contributed by atoms with Crippen LogP contribution in [0.25, 0.3) is 0 Å². The zero-order chi connectivity index (χ0) is 29.2. The standard InChI is InChI=1S/C34H44N4O3/c1-5-11-25(4)38(23-33(39)37-20-26-17-28-16-24(3)19-35-21-29(28)18-26)34(40)31(6-2)36-22-30-14-10-15-32(41-30)27-12-8-7-9-13-27/h6-9,12-14,17-18,21,24,28,32,36H,4-5,10-11,15-16,19-20,22-23H2,1-3H3,(H,37,39)/b31-6+. The molecule has 3 aliphatic rings. The van der Waals surface area contributed by atoms with Gasteiger partial charge in [-0.2, -0.15) is 0 Å². The highest BCUT2D eigenvalue weighted by atomic mass is 16.5. The Bertz CT molecular complexity index is 1260. The number of rotatable bonds is 12. The number of carbonyl (C=O) groups excluding carboxylic acids is 2. The van der Waals surface area contributed by atoms with Gasteiger partial charge in [0.2, 0.25) is 5.91 Å². The maximum absolute atomic E-state index is 13.6. The van der Waals surface area contributed by atoms with E-state index in [0.717, 1.165) is 49.1 Å². The summed E-state index contributed by atoms with van der Waals surface area (Å²) in [5, 5.41) is 6.25. The molecule has 7 heteroatoms. The average molecular weight is 557 g/mol. The molecule has 1 aromatic carbocycles. The summed E-state index contributed by atoms with van der Waals surface area (Å²) in [6, 6.07) is 10.2. The van der Waals surface area contributed by atoms with Crippen LogP contribution in [0.1, 0.15) is 64.5 Å². The van der Waals surface area contributed by atoms with Crippen molar-refractivity contribution in [2.24, 2.45) is 16.8 Å². The van der Waals surface area contributed by atoms with E-state index in [-0.39, 0.29) is 24.5 Å². The zero-order valence-electron chi connectivity index (χ0n) is 24.7. The molecule has 0 spiro atoms. The largest absolute Gasteiger partial charge is 0.489 e. The quantitative estimate of drug-likeness (QED) is 0.321. The number of benzene rings is 1. The van der Waals surface area contributed by atoms with Crippen LogP contribution in [0.4, 0.5) is 0 Å². The Balaban J connectivity index is 1.34. The van der Waals surface area contributed by atoms with E-state index < -0.39 is 0 Å². The van der Waals surface area contributed by atoms with Gasteiger partial charge in [0, 0.05) is 30.9 Å². The molecule has 2 N–H and O–H groups in total. The van der Waals surface area contributed by atoms with Crippen LogP contribution in [0.3, 0.4) is 0 Å². The Morgan fingerprint density at radius 3 is 2.76 bits per heavy atom. The first kappa shape index (κ1) is 30.1. The Morgan fingerprint density at radius 1 is 1.20 bits per heavy atom. The molecule has 7 nitrogen and oxygen atoms in total. The fourth-order valence-electron chi connectivity index (χ4n) is 5.50. The summed E-state index contributed by atoms with van der Waals surface area (Å²) in [4.78, 5) is 32.7. The van der Waals surface area contributed by atoms with Crippen LogP contribution in [0.15, 0.2) is 94.5 Å². The van der Waals surface area contributed by atoms with Crippen molar-refractivity contribution >= 4 is 18.0 Å². The molecule has 2 heterocycles. The average Bonchev–Trinajstić information content (AvgIpc) is 3.27. The van der Waals surface area contributed by atoms with E-state index >= 15 is 0 Å². The fraction of sp³-hybridized carbons (Fsp3) is 0.441. The number of allylic oxidation sites excluding steroid dienone is 5. The minimum absolute atomic E-state index is 0.00184. The third kappa shape index (κ3) is 8.32. The SMILES string of the molecule is C=C(CCC)N(CC(=O)NCC1=CC2CC(C)CN=CC2=C1)C(=O)/C(=C\C)NCC1=CCCC(c2ccccc2)O1. The fourth-order valence-corrected chi connectivity index (χ4v) is 5.50. The molecule has 2 aliphatic heterocycles. The third-order valence-corrected chi connectivity index (χ3v) is 7.70. The number of nitrogens with one attached hydrogen (secondary N) is 2. The first-order valence-corrected chi connectivity index (χ1v) is 14.9. The smallest absolute Gasteiger partial charge is 0.274 e. The zero-order valence-corrected chi connectivity index (χ0v) is 24.7. The van der Waals surface area contributed by atoms with Crippen LogP contribution in [-0.4, -0.2) is 49.1 Å². The van der Waals surface area contributed by atoms with Gasteiger partial charge in [-0.25, -0.2) is 0 Å². The molecule has 3 unspecified atom stereocenters. The summed E-state index contributed by atoms with van der Waals surface area (Å²) in [5.41, 5.74) is 4.48. The summed E-state index contributed by atoms with van der Waals surface area (Å²) in [6.45, 7) is 11.8. The van der Waals surface area contributed by atoms with Crippen LogP contribution in [0.5, 0.6) is 0 Å². The maximum atomic E-state index is 13.6. The second kappa shape index (κ2) is 14.7. The first-order valence-electron chi connectivity index (χ1n) is 14.9. The van der Waals surface area contributed by atoms with Gasteiger partial charge in [-0.15, -0.1) is 0 Å². The van der Waals surface area contributed by atoms with E-state index in [4.69, 9.17) is 4.74 Å². The minimum Gasteiger partial charge on any atom is -0.489 e. The highest BCUT2D eigenvalue weighted by molar-refractivity contribution is 5.96. The molecular weight excluding hydrogens is 512 g/mol. The minimum atomic E-state index is -0.271. The lowest BCUT2D eigenvalue weighted by Crippen LogP contribution is -2.43. The van der Waals surface area contributed by atoms with Crippen molar-refractivity contribution in [2.75, 3.05) is 26.2 Å². The van der Waals surface area contributed by atoms with Crippen molar-refractivity contribution in [1.29, 1.82) is 0 Å². The lowest BCUT2D eigenvalue weighted by molar-refractivity contribution is -0.131. The van der Waals surface area contributed by atoms with Crippen LogP contribution in [0, 0.1) is 11.8 Å². The number of hydrogen-bond donors (Lipinski definition) is 2. The number of hydrogen-bond acceptors (Lipinski definition) is 5. The van der Waals surface area contributed by atoms with Crippen LogP contribution in [-0.2, 0) is 14.3 Å². The van der Waals surface area contributed by atoms with Gasteiger partial charge in [-0.05, 0) is 61.3 Å². The molecule has 1 aromatic rings.